The smallest absolute Gasteiger partial charge is 0.271 e. The van der Waals surface area contributed by atoms with Gasteiger partial charge in [0.25, 0.3) is 5.91 Å². The molecule has 1 saturated carbocycles. The number of amides is 1. The molecule has 0 saturated heterocycles. The van der Waals surface area contributed by atoms with Crippen molar-refractivity contribution in [1.82, 2.24) is 10.3 Å². The second-order valence-electron chi connectivity index (χ2n) is 4.49. The van der Waals surface area contributed by atoms with Gasteiger partial charge in [-0.1, -0.05) is 18.0 Å². The number of halogens is 1. The summed E-state index contributed by atoms with van der Waals surface area (Å²) in [7, 11) is 0. The molecule has 1 amide bonds. The van der Waals surface area contributed by atoms with Gasteiger partial charge in [-0.25, -0.2) is 4.98 Å². The van der Waals surface area contributed by atoms with Crippen molar-refractivity contribution in [3.05, 3.63) is 22.8 Å². The first-order valence-corrected chi connectivity index (χ1v) is 7.42. The number of nitrogens with two attached hydrogens (primary N) is 1. The number of anilines is 1. The molecular formula is C12H16ClN3OS. The molecule has 1 aromatic rings. The quantitative estimate of drug-likeness (QED) is 0.891. The Morgan fingerprint density at radius 3 is 2.89 bits per heavy atom. The van der Waals surface area contributed by atoms with E-state index in [-0.39, 0.29) is 16.3 Å². The first kappa shape index (κ1) is 13.5. The molecule has 1 heterocycles. The van der Waals surface area contributed by atoms with E-state index in [4.69, 9.17) is 17.3 Å². The Bertz CT molecular complexity index is 457. The number of hydrogen-bond donors (Lipinski definition) is 2. The number of thioether (sulfide) groups is 1. The zero-order valence-corrected chi connectivity index (χ0v) is 11.8. The lowest BCUT2D eigenvalue weighted by Crippen LogP contribution is -2.45. The summed E-state index contributed by atoms with van der Waals surface area (Å²) in [5.41, 5.74) is 5.76. The molecule has 3 N–H and O–H groups in total. The van der Waals surface area contributed by atoms with Crippen molar-refractivity contribution in [3.8, 4) is 0 Å². The van der Waals surface area contributed by atoms with Gasteiger partial charge in [0.2, 0.25) is 0 Å². The molecule has 0 spiro atoms. The van der Waals surface area contributed by atoms with E-state index in [9.17, 15) is 4.79 Å². The Labute approximate surface area is 116 Å². The van der Waals surface area contributed by atoms with Gasteiger partial charge in [-0.05, 0) is 31.2 Å². The van der Waals surface area contributed by atoms with Crippen LogP contribution in [0.25, 0.3) is 0 Å². The number of aromatic nitrogens is 1. The largest absolute Gasteiger partial charge is 0.384 e. The second-order valence-corrected chi connectivity index (χ2v) is 6.17. The predicted molar refractivity (Wildman–Crippen MR) is 76.1 cm³/mol. The SMILES string of the molecule is CSC1(CNC(=O)c2nc(N)ccc2Cl)CCC1. The van der Waals surface area contributed by atoms with Gasteiger partial charge in [-0.3, -0.25) is 4.79 Å². The monoisotopic (exact) mass is 285 g/mol. The fourth-order valence-electron chi connectivity index (χ4n) is 1.97. The van der Waals surface area contributed by atoms with Gasteiger partial charge in [0.05, 0.1) is 5.02 Å². The van der Waals surface area contributed by atoms with Crippen LogP contribution in [0.5, 0.6) is 0 Å². The van der Waals surface area contributed by atoms with Gasteiger partial charge in [0, 0.05) is 11.3 Å². The average molecular weight is 286 g/mol. The summed E-state index contributed by atoms with van der Waals surface area (Å²) in [6.45, 7) is 0.653. The molecule has 0 atom stereocenters. The van der Waals surface area contributed by atoms with E-state index in [1.165, 1.54) is 6.42 Å². The minimum Gasteiger partial charge on any atom is -0.384 e. The fourth-order valence-corrected chi connectivity index (χ4v) is 3.07. The zero-order valence-electron chi connectivity index (χ0n) is 10.2. The van der Waals surface area contributed by atoms with Crippen LogP contribution in [-0.2, 0) is 0 Å². The molecule has 0 aliphatic heterocycles. The van der Waals surface area contributed by atoms with E-state index >= 15 is 0 Å². The maximum atomic E-state index is 12.0. The third-order valence-corrected chi connectivity index (χ3v) is 5.08. The van der Waals surface area contributed by atoms with Crippen molar-refractivity contribution in [1.29, 1.82) is 0 Å². The van der Waals surface area contributed by atoms with Gasteiger partial charge < -0.3 is 11.1 Å². The van der Waals surface area contributed by atoms with E-state index < -0.39 is 0 Å². The molecule has 1 aliphatic carbocycles. The van der Waals surface area contributed by atoms with Crippen molar-refractivity contribution in [2.24, 2.45) is 0 Å². The summed E-state index contributed by atoms with van der Waals surface area (Å²) >= 11 is 7.75. The number of carbonyl (C=O) groups excluding carboxylic acids is 1. The number of nitrogens with one attached hydrogen (secondary N) is 1. The minimum absolute atomic E-state index is 0.197. The van der Waals surface area contributed by atoms with Crippen LogP contribution in [0.2, 0.25) is 5.02 Å². The van der Waals surface area contributed by atoms with Crippen LogP contribution in [0.4, 0.5) is 5.82 Å². The average Bonchev–Trinajstić information content (AvgIpc) is 2.31. The lowest BCUT2D eigenvalue weighted by molar-refractivity contribution is 0.0939. The number of carbonyl (C=O) groups is 1. The van der Waals surface area contributed by atoms with E-state index in [1.807, 2.05) is 11.8 Å². The Kier molecular flexibility index (Phi) is 4.02. The predicted octanol–water partition coefficient (Wildman–Crippen LogP) is 2.33. The van der Waals surface area contributed by atoms with Crippen LogP contribution in [0.3, 0.4) is 0 Å². The lowest BCUT2D eigenvalue weighted by Gasteiger charge is -2.40. The molecule has 0 unspecified atom stereocenters. The second kappa shape index (κ2) is 5.36. The van der Waals surface area contributed by atoms with Crippen LogP contribution < -0.4 is 11.1 Å². The van der Waals surface area contributed by atoms with Crippen molar-refractivity contribution < 1.29 is 4.79 Å². The molecular weight excluding hydrogens is 270 g/mol. The van der Waals surface area contributed by atoms with E-state index in [2.05, 4.69) is 16.6 Å². The molecule has 1 fully saturated rings. The molecule has 2 rings (SSSR count). The third-order valence-electron chi connectivity index (χ3n) is 3.35. The molecule has 1 aliphatic rings. The van der Waals surface area contributed by atoms with Crippen molar-refractivity contribution >= 4 is 35.1 Å². The van der Waals surface area contributed by atoms with Crippen molar-refractivity contribution in [2.45, 2.75) is 24.0 Å². The Hall–Kier alpha value is -0.940. The number of pyridine rings is 1. The Morgan fingerprint density at radius 1 is 1.61 bits per heavy atom. The standard InChI is InChI=1S/C12H16ClN3OS/c1-18-12(5-2-6-12)7-15-11(17)10-8(13)3-4-9(14)16-10/h3-4H,2,5-7H2,1H3,(H2,14,16)(H,15,17). The topological polar surface area (TPSA) is 68.0 Å². The van der Waals surface area contributed by atoms with Crippen LogP contribution >= 0.6 is 23.4 Å². The van der Waals surface area contributed by atoms with Gasteiger partial charge >= 0.3 is 0 Å². The molecule has 98 valence electrons. The highest BCUT2D eigenvalue weighted by Crippen LogP contribution is 2.42. The number of nitrogens with zero attached hydrogens (tertiary/aromatic N) is 1. The molecule has 0 bridgehead atoms. The Balaban J connectivity index is 2.01. The first-order valence-electron chi connectivity index (χ1n) is 5.82. The van der Waals surface area contributed by atoms with Gasteiger partial charge in [-0.15, -0.1) is 0 Å². The van der Waals surface area contributed by atoms with E-state index in [1.54, 1.807) is 12.1 Å². The van der Waals surface area contributed by atoms with Crippen LogP contribution in [0.15, 0.2) is 12.1 Å². The van der Waals surface area contributed by atoms with Crippen LogP contribution in [0, 0.1) is 0 Å². The van der Waals surface area contributed by atoms with Crippen molar-refractivity contribution in [3.63, 3.8) is 0 Å². The van der Waals surface area contributed by atoms with Crippen molar-refractivity contribution in [2.75, 3.05) is 18.5 Å². The highest BCUT2D eigenvalue weighted by atomic mass is 35.5. The highest BCUT2D eigenvalue weighted by Gasteiger charge is 2.36. The van der Waals surface area contributed by atoms with Gasteiger partial charge in [0.15, 0.2) is 0 Å². The fraction of sp³-hybridized carbons (Fsp3) is 0.500. The highest BCUT2D eigenvalue weighted by molar-refractivity contribution is 8.00. The van der Waals surface area contributed by atoms with E-state index in [0.717, 1.165) is 12.8 Å². The Morgan fingerprint density at radius 2 is 2.33 bits per heavy atom. The molecule has 6 heteroatoms. The van der Waals surface area contributed by atoms with Gasteiger partial charge in [0.1, 0.15) is 11.5 Å². The van der Waals surface area contributed by atoms with E-state index in [0.29, 0.717) is 17.4 Å². The zero-order chi connectivity index (χ0) is 13.2. The maximum absolute atomic E-state index is 12.0. The lowest BCUT2D eigenvalue weighted by atomic mass is 9.84. The van der Waals surface area contributed by atoms with Crippen LogP contribution in [-0.4, -0.2) is 28.4 Å². The molecule has 4 nitrogen and oxygen atoms in total. The molecule has 1 aromatic heterocycles. The maximum Gasteiger partial charge on any atom is 0.271 e. The summed E-state index contributed by atoms with van der Waals surface area (Å²) in [5, 5.41) is 3.23. The summed E-state index contributed by atoms with van der Waals surface area (Å²) in [4.78, 5) is 16.0. The number of hydrogen-bond acceptors (Lipinski definition) is 4. The minimum atomic E-state index is -0.257. The molecule has 0 aromatic carbocycles. The summed E-state index contributed by atoms with van der Waals surface area (Å²) < 4.78 is 0.197. The summed E-state index contributed by atoms with van der Waals surface area (Å²) in [5.74, 6) is 0.0420. The van der Waals surface area contributed by atoms with Gasteiger partial charge in [-0.2, -0.15) is 11.8 Å². The van der Waals surface area contributed by atoms with Crippen LogP contribution in [0.1, 0.15) is 29.8 Å². The molecule has 0 radical (unpaired) electrons. The first-order chi connectivity index (χ1) is 8.56. The summed E-state index contributed by atoms with van der Waals surface area (Å²) in [6.07, 6.45) is 5.60. The number of nitrogen functional groups attached to an aromatic ring is 1. The molecule has 18 heavy (non-hydrogen) atoms. The summed E-state index contributed by atoms with van der Waals surface area (Å²) in [6, 6.07) is 3.17. The third kappa shape index (κ3) is 2.72. The normalized spacial score (nSPS) is 17.0. The number of rotatable bonds is 4.